The molecule has 0 aromatic heterocycles. The van der Waals surface area contributed by atoms with Crippen LogP contribution in [-0.2, 0) is 11.2 Å². The number of nitrogens with one attached hydrogen (secondary N) is 1. The molecular formula is C18H18FNO2S. The molecule has 5 heteroatoms. The van der Waals surface area contributed by atoms with E-state index in [1.165, 1.54) is 17.7 Å². The number of fused-ring (bicyclic) bond motifs is 1. The van der Waals surface area contributed by atoms with Crippen molar-refractivity contribution in [1.29, 1.82) is 0 Å². The zero-order valence-corrected chi connectivity index (χ0v) is 13.4. The maximum Gasteiger partial charge on any atom is 0.237 e. The molecule has 0 aliphatic carbocycles. The highest BCUT2D eigenvalue weighted by Crippen LogP contribution is 2.36. The number of halogens is 1. The van der Waals surface area contributed by atoms with Gasteiger partial charge in [0.15, 0.2) is 0 Å². The van der Waals surface area contributed by atoms with Crippen molar-refractivity contribution >= 4 is 17.7 Å². The molecule has 2 N–H and O–H groups in total. The van der Waals surface area contributed by atoms with Crippen molar-refractivity contribution < 1.29 is 14.3 Å². The van der Waals surface area contributed by atoms with Gasteiger partial charge in [0, 0.05) is 6.54 Å². The van der Waals surface area contributed by atoms with Crippen molar-refractivity contribution in [3.63, 3.8) is 0 Å². The lowest BCUT2D eigenvalue weighted by Gasteiger charge is -2.24. The third kappa shape index (κ3) is 3.74. The molecule has 0 fully saturated rings. The van der Waals surface area contributed by atoms with Gasteiger partial charge in [-0.15, -0.1) is 11.8 Å². The Morgan fingerprint density at radius 2 is 2.13 bits per heavy atom. The molecule has 2 aromatic rings. The van der Waals surface area contributed by atoms with Gasteiger partial charge in [0.25, 0.3) is 0 Å². The van der Waals surface area contributed by atoms with Crippen LogP contribution in [0, 0.1) is 5.82 Å². The maximum atomic E-state index is 13.2. The van der Waals surface area contributed by atoms with E-state index in [9.17, 15) is 14.3 Å². The Morgan fingerprint density at radius 1 is 1.30 bits per heavy atom. The molecule has 1 heterocycles. The number of hydrogen-bond acceptors (Lipinski definition) is 3. The highest BCUT2D eigenvalue weighted by molar-refractivity contribution is 8.00. The van der Waals surface area contributed by atoms with Crippen LogP contribution in [0.2, 0.25) is 0 Å². The van der Waals surface area contributed by atoms with Crippen LogP contribution < -0.4 is 5.32 Å². The number of aliphatic hydroxyl groups excluding tert-OH is 1. The molecule has 120 valence electrons. The highest BCUT2D eigenvalue weighted by atomic mass is 32.2. The summed E-state index contributed by atoms with van der Waals surface area (Å²) < 4.78 is 13.2. The average Bonchev–Trinajstić information content (AvgIpc) is 2.59. The number of hydrogen-bond donors (Lipinski definition) is 2. The highest BCUT2D eigenvalue weighted by Gasteiger charge is 2.27. The lowest BCUT2D eigenvalue weighted by Crippen LogP contribution is -2.33. The van der Waals surface area contributed by atoms with Crippen LogP contribution in [0.3, 0.4) is 0 Å². The first kappa shape index (κ1) is 16.0. The molecule has 0 spiro atoms. The molecule has 2 aromatic carbocycles. The van der Waals surface area contributed by atoms with Crippen molar-refractivity contribution in [2.24, 2.45) is 0 Å². The Hall–Kier alpha value is -1.85. The largest absolute Gasteiger partial charge is 0.387 e. The van der Waals surface area contributed by atoms with E-state index in [1.807, 2.05) is 18.2 Å². The van der Waals surface area contributed by atoms with Gasteiger partial charge in [-0.2, -0.15) is 0 Å². The molecular weight excluding hydrogens is 313 g/mol. The molecule has 0 bridgehead atoms. The summed E-state index contributed by atoms with van der Waals surface area (Å²) in [4.78, 5) is 12.4. The van der Waals surface area contributed by atoms with Crippen LogP contribution >= 0.6 is 11.8 Å². The number of carbonyl (C=O) groups excluding carboxylic acids is 1. The third-order valence-electron chi connectivity index (χ3n) is 3.93. The zero-order valence-electron chi connectivity index (χ0n) is 12.5. The first-order valence-electron chi connectivity index (χ1n) is 7.56. The topological polar surface area (TPSA) is 49.3 Å². The summed E-state index contributed by atoms with van der Waals surface area (Å²) in [5.41, 5.74) is 2.71. The predicted octanol–water partition coefficient (Wildman–Crippen LogP) is 3.01. The van der Waals surface area contributed by atoms with Gasteiger partial charge in [-0.1, -0.05) is 36.4 Å². The van der Waals surface area contributed by atoms with Crippen molar-refractivity contribution in [2.75, 3.05) is 12.3 Å². The summed E-state index contributed by atoms with van der Waals surface area (Å²) in [6.45, 7) is 0.0709. The summed E-state index contributed by atoms with van der Waals surface area (Å²) in [5, 5.41) is 12.6. The molecule has 2 atom stereocenters. The molecule has 0 radical (unpaired) electrons. The van der Waals surface area contributed by atoms with Gasteiger partial charge >= 0.3 is 0 Å². The van der Waals surface area contributed by atoms with Gasteiger partial charge in [0.1, 0.15) is 11.1 Å². The second-order valence-corrected chi connectivity index (χ2v) is 6.73. The molecule has 0 saturated carbocycles. The normalized spacial score (nSPS) is 18.1. The quantitative estimate of drug-likeness (QED) is 0.905. The first-order chi connectivity index (χ1) is 11.1. The molecule has 23 heavy (non-hydrogen) atoms. The van der Waals surface area contributed by atoms with Crippen LogP contribution in [0.4, 0.5) is 4.39 Å². The Bertz CT molecular complexity index is 707. The van der Waals surface area contributed by atoms with Crippen molar-refractivity contribution in [2.45, 2.75) is 17.8 Å². The fourth-order valence-corrected chi connectivity index (χ4v) is 3.95. The molecule has 1 aliphatic rings. The zero-order chi connectivity index (χ0) is 16.2. The van der Waals surface area contributed by atoms with Gasteiger partial charge < -0.3 is 10.4 Å². The number of amides is 1. The standard InChI is InChI=1S/C18H18FNO2S/c19-14-6-3-5-13(10-14)16(21)11-20-18(22)17-15-7-2-1-4-12(15)8-9-23-17/h1-7,10,16-17,21H,8-9,11H2,(H,20,22)/t16-,17+/m0/s1. The minimum Gasteiger partial charge on any atom is -0.387 e. The SMILES string of the molecule is O=C(NC[C@H](O)c1cccc(F)c1)[C@@H]1SCCc2ccccc21. The number of rotatable bonds is 4. The van der Waals surface area contributed by atoms with Gasteiger partial charge in [0.2, 0.25) is 5.91 Å². The third-order valence-corrected chi connectivity index (χ3v) is 5.18. The van der Waals surface area contributed by atoms with Crippen LogP contribution in [0.15, 0.2) is 48.5 Å². The number of benzene rings is 2. The molecule has 1 amide bonds. The van der Waals surface area contributed by atoms with E-state index in [4.69, 9.17) is 0 Å². The summed E-state index contributed by atoms with van der Waals surface area (Å²) in [6, 6.07) is 13.7. The Balaban J connectivity index is 1.64. The van der Waals surface area contributed by atoms with Crippen molar-refractivity contribution in [3.8, 4) is 0 Å². The number of aliphatic hydroxyl groups is 1. The fourth-order valence-electron chi connectivity index (χ4n) is 2.73. The van der Waals surface area contributed by atoms with Crippen LogP contribution in [0.1, 0.15) is 28.0 Å². The van der Waals surface area contributed by atoms with Crippen LogP contribution in [0.25, 0.3) is 0 Å². The Labute approximate surface area is 138 Å². The van der Waals surface area contributed by atoms with Gasteiger partial charge in [0.05, 0.1) is 6.10 Å². The lowest BCUT2D eigenvalue weighted by atomic mass is 10.0. The van der Waals surface area contributed by atoms with Gasteiger partial charge in [-0.25, -0.2) is 4.39 Å². The number of thioether (sulfide) groups is 1. The number of carbonyl (C=O) groups is 1. The van der Waals surface area contributed by atoms with Crippen LogP contribution in [-0.4, -0.2) is 23.3 Å². The van der Waals surface area contributed by atoms with E-state index < -0.39 is 11.9 Å². The Kier molecular flexibility index (Phi) is 4.98. The summed E-state index contributed by atoms with van der Waals surface area (Å²) in [6.07, 6.45) is 0.0507. The molecule has 1 aliphatic heterocycles. The second-order valence-electron chi connectivity index (χ2n) is 5.52. The second kappa shape index (κ2) is 7.15. The van der Waals surface area contributed by atoms with Crippen LogP contribution in [0.5, 0.6) is 0 Å². The number of aryl methyl sites for hydroxylation is 1. The fraction of sp³-hybridized carbons (Fsp3) is 0.278. The summed E-state index contributed by atoms with van der Waals surface area (Å²) in [7, 11) is 0. The van der Waals surface area contributed by atoms with Gasteiger partial charge in [-0.05, 0) is 41.0 Å². The van der Waals surface area contributed by atoms with E-state index >= 15 is 0 Å². The van der Waals surface area contributed by atoms with Gasteiger partial charge in [-0.3, -0.25) is 4.79 Å². The average molecular weight is 331 g/mol. The van der Waals surface area contributed by atoms with E-state index in [2.05, 4.69) is 11.4 Å². The predicted molar refractivity (Wildman–Crippen MR) is 89.7 cm³/mol. The van der Waals surface area contributed by atoms with Crippen molar-refractivity contribution in [3.05, 3.63) is 71.0 Å². The first-order valence-corrected chi connectivity index (χ1v) is 8.60. The lowest BCUT2D eigenvalue weighted by molar-refractivity contribution is -0.121. The molecule has 0 saturated heterocycles. The Morgan fingerprint density at radius 3 is 2.96 bits per heavy atom. The van der Waals surface area contributed by atoms with E-state index in [-0.39, 0.29) is 17.7 Å². The minimum absolute atomic E-state index is 0.0709. The van der Waals surface area contributed by atoms with Crippen molar-refractivity contribution in [1.82, 2.24) is 5.32 Å². The monoisotopic (exact) mass is 331 g/mol. The minimum atomic E-state index is -0.918. The van der Waals surface area contributed by atoms with E-state index in [0.717, 1.165) is 17.7 Å². The molecule has 3 rings (SSSR count). The summed E-state index contributed by atoms with van der Waals surface area (Å²) >= 11 is 1.61. The smallest absolute Gasteiger partial charge is 0.237 e. The molecule has 0 unspecified atom stereocenters. The molecule has 3 nitrogen and oxygen atoms in total. The van der Waals surface area contributed by atoms with E-state index in [0.29, 0.717) is 5.56 Å². The maximum absolute atomic E-state index is 13.2. The summed E-state index contributed by atoms with van der Waals surface area (Å²) in [5.74, 6) is 0.393. The van der Waals surface area contributed by atoms with E-state index in [1.54, 1.807) is 23.9 Å².